The molecule has 0 unspecified atom stereocenters. The Morgan fingerprint density at radius 1 is 0.957 bits per heavy atom. The highest BCUT2D eigenvalue weighted by molar-refractivity contribution is 7.87. The van der Waals surface area contributed by atoms with Crippen molar-refractivity contribution in [1.82, 2.24) is 0 Å². The van der Waals surface area contributed by atoms with Crippen LogP contribution in [0.2, 0.25) is 5.02 Å². The van der Waals surface area contributed by atoms with Crippen molar-refractivity contribution in [3.63, 3.8) is 0 Å². The molecule has 0 heterocycles. The Bertz CT molecular complexity index is 881. The number of nitrogens with zero attached hydrogens (tertiary/aromatic N) is 2. The zero-order chi connectivity index (χ0) is 17.2. The summed E-state index contributed by atoms with van der Waals surface area (Å²) >= 11 is 5.67. The van der Waals surface area contributed by atoms with Gasteiger partial charge in [0.1, 0.15) is 5.75 Å². The molecule has 9 nitrogen and oxygen atoms in total. The van der Waals surface area contributed by atoms with Crippen molar-refractivity contribution in [2.45, 2.75) is 4.90 Å². The number of benzene rings is 2. The van der Waals surface area contributed by atoms with E-state index in [2.05, 4.69) is 0 Å². The fourth-order valence-electron chi connectivity index (χ4n) is 1.63. The van der Waals surface area contributed by atoms with E-state index in [1.807, 2.05) is 0 Å². The van der Waals surface area contributed by atoms with E-state index >= 15 is 0 Å². The zero-order valence-electron chi connectivity index (χ0n) is 11.1. The fraction of sp³-hybridized carbons (Fsp3) is 0. The van der Waals surface area contributed by atoms with E-state index < -0.39 is 30.5 Å². The van der Waals surface area contributed by atoms with Crippen LogP contribution in [0.1, 0.15) is 0 Å². The summed E-state index contributed by atoms with van der Waals surface area (Å²) in [7, 11) is -4.54. The largest absolute Gasteiger partial charge is 0.379 e. The Morgan fingerprint density at radius 3 is 2.09 bits per heavy atom. The second-order valence-electron chi connectivity index (χ2n) is 4.16. The van der Waals surface area contributed by atoms with E-state index in [-0.39, 0.29) is 16.5 Å². The SMILES string of the molecule is O=[N+]([O-])c1ccc(OS(=O)(=O)c2cc(Cl)ccc2[N+](=O)[O-])cc1. The molecule has 2 rings (SSSR count). The van der Waals surface area contributed by atoms with Crippen molar-refractivity contribution in [2.24, 2.45) is 0 Å². The van der Waals surface area contributed by atoms with Crippen molar-refractivity contribution >= 4 is 33.1 Å². The van der Waals surface area contributed by atoms with Crippen molar-refractivity contribution in [3.05, 3.63) is 67.7 Å². The number of nitro benzene ring substituents is 2. The summed E-state index contributed by atoms with van der Waals surface area (Å²) in [5, 5.41) is 21.4. The molecular formula is C12H7ClN2O7S. The first-order chi connectivity index (χ1) is 10.7. The van der Waals surface area contributed by atoms with Gasteiger partial charge >= 0.3 is 10.1 Å². The fourth-order valence-corrected chi connectivity index (χ4v) is 3.00. The highest BCUT2D eigenvalue weighted by atomic mass is 35.5. The maximum Gasteiger partial charge on any atom is 0.346 e. The van der Waals surface area contributed by atoms with Crippen LogP contribution in [0, 0.1) is 20.2 Å². The third-order valence-electron chi connectivity index (χ3n) is 2.64. The predicted molar refractivity (Wildman–Crippen MR) is 79.0 cm³/mol. The van der Waals surface area contributed by atoms with E-state index in [1.165, 1.54) is 6.07 Å². The predicted octanol–water partition coefficient (Wildman–Crippen LogP) is 2.92. The molecule has 120 valence electrons. The molecule has 0 spiro atoms. The Kier molecular flexibility index (Phi) is 4.48. The minimum Gasteiger partial charge on any atom is -0.379 e. The number of hydrogen-bond donors (Lipinski definition) is 0. The minimum absolute atomic E-state index is 0.0264. The molecule has 2 aromatic carbocycles. The first-order valence-corrected chi connectivity index (χ1v) is 7.62. The van der Waals surface area contributed by atoms with Gasteiger partial charge in [-0.15, -0.1) is 0 Å². The van der Waals surface area contributed by atoms with Gasteiger partial charge in [-0.1, -0.05) is 11.6 Å². The second kappa shape index (κ2) is 6.18. The van der Waals surface area contributed by atoms with Crippen LogP contribution in [0.15, 0.2) is 47.4 Å². The van der Waals surface area contributed by atoms with Crippen LogP contribution in [-0.4, -0.2) is 18.3 Å². The van der Waals surface area contributed by atoms with Crippen LogP contribution in [0.3, 0.4) is 0 Å². The van der Waals surface area contributed by atoms with Gasteiger partial charge in [-0.2, -0.15) is 8.42 Å². The molecule has 0 amide bonds. The monoisotopic (exact) mass is 358 g/mol. The third kappa shape index (κ3) is 3.73. The molecule has 0 aliphatic rings. The van der Waals surface area contributed by atoms with E-state index in [0.717, 1.165) is 36.4 Å². The lowest BCUT2D eigenvalue weighted by molar-refractivity contribution is -0.387. The molecule has 0 saturated carbocycles. The summed E-state index contributed by atoms with van der Waals surface area (Å²) < 4.78 is 29.1. The molecule has 0 aromatic heterocycles. The molecule has 0 aliphatic carbocycles. The van der Waals surface area contributed by atoms with Crippen molar-refractivity contribution in [2.75, 3.05) is 0 Å². The summed E-state index contributed by atoms with van der Waals surface area (Å²) in [6.07, 6.45) is 0. The smallest absolute Gasteiger partial charge is 0.346 e. The van der Waals surface area contributed by atoms with E-state index in [9.17, 15) is 28.6 Å². The average Bonchev–Trinajstić information content (AvgIpc) is 2.47. The maximum absolute atomic E-state index is 12.2. The molecule has 0 bridgehead atoms. The van der Waals surface area contributed by atoms with E-state index in [1.54, 1.807) is 0 Å². The molecule has 23 heavy (non-hydrogen) atoms. The molecule has 0 atom stereocenters. The standard InChI is InChI=1S/C12H7ClN2O7S/c13-8-1-6-11(15(18)19)12(7-8)23(20,21)22-10-4-2-9(3-5-10)14(16)17/h1-7H. The van der Waals surface area contributed by atoms with Crippen molar-refractivity contribution in [3.8, 4) is 5.75 Å². The maximum atomic E-state index is 12.2. The van der Waals surface area contributed by atoms with Crippen LogP contribution in [0.4, 0.5) is 11.4 Å². The Morgan fingerprint density at radius 2 is 1.57 bits per heavy atom. The second-order valence-corrected chi connectivity index (χ2v) is 6.11. The van der Waals surface area contributed by atoms with E-state index in [4.69, 9.17) is 15.8 Å². The lowest BCUT2D eigenvalue weighted by Crippen LogP contribution is -2.12. The van der Waals surface area contributed by atoms with Crippen molar-refractivity contribution in [1.29, 1.82) is 0 Å². The van der Waals surface area contributed by atoms with Crippen LogP contribution in [0.5, 0.6) is 5.75 Å². The van der Waals surface area contributed by atoms with Crippen LogP contribution < -0.4 is 4.18 Å². The van der Waals surface area contributed by atoms with Crippen LogP contribution in [-0.2, 0) is 10.1 Å². The number of nitro groups is 2. The van der Waals surface area contributed by atoms with Crippen molar-refractivity contribution < 1.29 is 22.4 Å². The van der Waals surface area contributed by atoms with Gasteiger partial charge in [0.05, 0.1) is 9.85 Å². The Labute approximate surface area is 134 Å². The minimum atomic E-state index is -4.54. The summed E-state index contributed by atoms with van der Waals surface area (Å²) in [6, 6.07) is 7.20. The van der Waals surface area contributed by atoms with Gasteiger partial charge in [0, 0.05) is 23.2 Å². The molecule has 0 aliphatic heterocycles. The summed E-state index contributed by atoms with van der Waals surface area (Å²) in [5.74, 6) is -0.232. The van der Waals surface area contributed by atoms with Gasteiger partial charge in [0.25, 0.3) is 11.4 Å². The quantitative estimate of drug-likeness (QED) is 0.456. The zero-order valence-corrected chi connectivity index (χ0v) is 12.7. The molecule has 0 N–H and O–H groups in total. The van der Waals surface area contributed by atoms with Gasteiger partial charge in [-0.3, -0.25) is 20.2 Å². The molecule has 11 heteroatoms. The van der Waals surface area contributed by atoms with Gasteiger partial charge in [0.15, 0.2) is 4.90 Å². The van der Waals surface area contributed by atoms with Gasteiger partial charge in [-0.25, -0.2) is 0 Å². The molecule has 0 fully saturated rings. The number of non-ortho nitro benzene ring substituents is 1. The normalized spacial score (nSPS) is 11.0. The Hall–Kier alpha value is -2.72. The van der Waals surface area contributed by atoms with Crippen LogP contribution >= 0.6 is 11.6 Å². The Balaban J connectivity index is 2.41. The molecule has 0 saturated heterocycles. The third-order valence-corrected chi connectivity index (χ3v) is 4.15. The van der Waals surface area contributed by atoms with Gasteiger partial charge in [-0.05, 0) is 24.3 Å². The first kappa shape index (κ1) is 16.6. The highest BCUT2D eigenvalue weighted by Crippen LogP contribution is 2.30. The summed E-state index contributed by atoms with van der Waals surface area (Å²) in [5.41, 5.74) is -0.959. The summed E-state index contributed by atoms with van der Waals surface area (Å²) in [4.78, 5) is 19.2. The van der Waals surface area contributed by atoms with Crippen LogP contribution in [0.25, 0.3) is 0 Å². The molecule has 2 aromatic rings. The first-order valence-electron chi connectivity index (χ1n) is 5.83. The topological polar surface area (TPSA) is 130 Å². The van der Waals surface area contributed by atoms with Gasteiger partial charge < -0.3 is 4.18 Å². The lowest BCUT2D eigenvalue weighted by Gasteiger charge is -2.07. The number of halogens is 1. The molecular weight excluding hydrogens is 352 g/mol. The number of rotatable bonds is 5. The number of hydrogen-bond acceptors (Lipinski definition) is 7. The summed E-state index contributed by atoms with van der Waals surface area (Å²) in [6.45, 7) is 0. The molecule has 0 radical (unpaired) electrons. The van der Waals surface area contributed by atoms with Gasteiger partial charge in [0.2, 0.25) is 0 Å². The highest BCUT2D eigenvalue weighted by Gasteiger charge is 2.28. The lowest BCUT2D eigenvalue weighted by atomic mass is 10.3. The van der Waals surface area contributed by atoms with E-state index in [0.29, 0.717) is 0 Å². The average molecular weight is 359 g/mol.